The number of pyridine rings is 1. The van der Waals surface area contributed by atoms with Gasteiger partial charge in [-0.05, 0) is 0 Å². The molecule has 0 aliphatic carbocycles. The number of nitrogen functional groups attached to an aromatic ring is 1. The summed E-state index contributed by atoms with van der Waals surface area (Å²) in [6, 6.07) is 0. The van der Waals surface area contributed by atoms with Gasteiger partial charge in [-0.15, -0.1) is 0 Å². The van der Waals surface area contributed by atoms with Gasteiger partial charge in [-0.1, -0.05) is 11.6 Å². The van der Waals surface area contributed by atoms with Gasteiger partial charge in [0, 0.05) is 18.3 Å². The van der Waals surface area contributed by atoms with Crippen LogP contribution >= 0.6 is 11.6 Å². The number of aromatic nitrogens is 1. The van der Waals surface area contributed by atoms with Crippen molar-refractivity contribution in [2.45, 2.75) is 13.0 Å². The highest BCUT2D eigenvalue weighted by Crippen LogP contribution is 2.29. The number of halogens is 3. The van der Waals surface area contributed by atoms with Crippen LogP contribution in [-0.2, 0) is 6.54 Å². The zero-order valence-corrected chi connectivity index (χ0v) is 7.35. The van der Waals surface area contributed by atoms with Crippen LogP contribution in [0.5, 0.6) is 0 Å². The third-order valence-electron chi connectivity index (χ3n) is 1.62. The highest BCUT2D eigenvalue weighted by atomic mass is 35.5. The van der Waals surface area contributed by atoms with Crippen LogP contribution in [0.25, 0.3) is 0 Å². The Kier molecular flexibility index (Phi) is 3.00. The van der Waals surface area contributed by atoms with Crippen LogP contribution < -0.4 is 11.5 Å². The van der Waals surface area contributed by atoms with E-state index in [1.54, 1.807) is 0 Å². The first-order valence-electron chi connectivity index (χ1n) is 3.49. The van der Waals surface area contributed by atoms with Crippen molar-refractivity contribution in [3.8, 4) is 0 Å². The van der Waals surface area contributed by atoms with E-state index in [2.05, 4.69) is 4.98 Å². The summed E-state index contributed by atoms with van der Waals surface area (Å²) in [6.45, 7) is 0.0207. The quantitative estimate of drug-likeness (QED) is 0.776. The molecule has 0 aliphatic heterocycles. The van der Waals surface area contributed by atoms with Crippen molar-refractivity contribution < 1.29 is 8.78 Å². The van der Waals surface area contributed by atoms with E-state index in [-0.39, 0.29) is 17.3 Å². The van der Waals surface area contributed by atoms with Crippen LogP contribution in [0.4, 0.5) is 14.5 Å². The van der Waals surface area contributed by atoms with E-state index in [9.17, 15) is 8.78 Å². The average molecular weight is 208 g/mol. The average Bonchev–Trinajstić information content (AvgIpc) is 2.04. The number of alkyl halides is 2. The minimum Gasteiger partial charge on any atom is -0.397 e. The molecule has 0 bridgehead atoms. The predicted molar refractivity (Wildman–Crippen MR) is 46.5 cm³/mol. The van der Waals surface area contributed by atoms with Crippen LogP contribution in [0.3, 0.4) is 0 Å². The van der Waals surface area contributed by atoms with E-state index in [0.29, 0.717) is 5.56 Å². The normalized spacial score (nSPS) is 10.8. The molecule has 0 radical (unpaired) electrons. The summed E-state index contributed by atoms with van der Waals surface area (Å²) in [5.41, 5.74) is 10.4. The molecule has 0 amide bonds. The molecule has 0 saturated heterocycles. The molecule has 3 nitrogen and oxygen atoms in total. The second-order valence-corrected chi connectivity index (χ2v) is 2.80. The van der Waals surface area contributed by atoms with E-state index in [1.807, 2.05) is 0 Å². The lowest BCUT2D eigenvalue weighted by atomic mass is 10.2. The van der Waals surface area contributed by atoms with Gasteiger partial charge >= 0.3 is 0 Å². The molecule has 0 unspecified atom stereocenters. The summed E-state index contributed by atoms with van der Waals surface area (Å²) < 4.78 is 24.5. The molecule has 0 aliphatic rings. The number of anilines is 1. The first-order valence-corrected chi connectivity index (χ1v) is 3.86. The molecule has 13 heavy (non-hydrogen) atoms. The van der Waals surface area contributed by atoms with Crippen LogP contribution in [0.2, 0.25) is 5.02 Å². The van der Waals surface area contributed by atoms with Gasteiger partial charge in [0.15, 0.2) is 0 Å². The predicted octanol–water partition coefficient (Wildman–Crippen LogP) is 1.71. The maximum atomic E-state index is 12.2. The SMILES string of the molecule is NCc1c(Cl)cnc(C(F)F)c1N. The molecule has 0 spiro atoms. The molecule has 1 rings (SSSR count). The van der Waals surface area contributed by atoms with Crippen molar-refractivity contribution in [1.29, 1.82) is 0 Å². The van der Waals surface area contributed by atoms with E-state index in [0.717, 1.165) is 6.20 Å². The van der Waals surface area contributed by atoms with Crippen LogP contribution in [0.1, 0.15) is 17.7 Å². The van der Waals surface area contributed by atoms with Gasteiger partial charge in [0.1, 0.15) is 5.69 Å². The Morgan fingerprint density at radius 2 is 2.15 bits per heavy atom. The molecule has 1 aromatic heterocycles. The molecule has 0 fully saturated rings. The molecule has 0 saturated carbocycles. The van der Waals surface area contributed by atoms with E-state index in [1.165, 1.54) is 0 Å². The van der Waals surface area contributed by atoms with Crippen molar-refractivity contribution in [2.24, 2.45) is 5.73 Å². The summed E-state index contributed by atoms with van der Waals surface area (Å²) in [5.74, 6) is 0. The molecular formula is C7H8ClF2N3. The van der Waals surface area contributed by atoms with Gasteiger partial charge in [0.25, 0.3) is 6.43 Å². The third kappa shape index (κ3) is 1.87. The summed E-state index contributed by atoms with van der Waals surface area (Å²) >= 11 is 5.64. The maximum Gasteiger partial charge on any atom is 0.282 e. The van der Waals surface area contributed by atoms with Gasteiger partial charge < -0.3 is 11.5 Å². The smallest absolute Gasteiger partial charge is 0.282 e. The summed E-state index contributed by atoms with van der Waals surface area (Å²) in [6.07, 6.45) is -1.58. The zero-order valence-electron chi connectivity index (χ0n) is 6.60. The molecule has 4 N–H and O–H groups in total. The Labute approximate surface area is 78.7 Å². The molecule has 1 aromatic rings. The number of hydrogen-bond donors (Lipinski definition) is 2. The highest BCUT2D eigenvalue weighted by Gasteiger charge is 2.17. The van der Waals surface area contributed by atoms with Crippen LogP contribution in [0, 0.1) is 0 Å². The van der Waals surface area contributed by atoms with Crippen LogP contribution in [-0.4, -0.2) is 4.98 Å². The fourth-order valence-corrected chi connectivity index (χ4v) is 1.17. The molecule has 0 atom stereocenters. The number of nitrogens with two attached hydrogens (primary N) is 2. The van der Waals surface area contributed by atoms with Gasteiger partial charge in [0.2, 0.25) is 0 Å². The van der Waals surface area contributed by atoms with Gasteiger partial charge in [-0.25, -0.2) is 8.78 Å². The number of hydrogen-bond acceptors (Lipinski definition) is 3. The Hall–Kier alpha value is -0.940. The highest BCUT2D eigenvalue weighted by molar-refractivity contribution is 6.31. The Balaban J connectivity index is 3.27. The van der Waals surface area contributed by atoms with Crippen molar-refractivity contribution in [2.75, 3.05) is 5.73 Å². The topological polar surface area (TPSA) is 64.9 Å². The standard InChI is InChI=1S/C7H8ClF2N3/c8-4-2-13-6(7(9)10)5(12)3(4)1-11/h2,7H,1,11-12H2. The van der Waals surface area contributed by atoms with Crippen molar-refractivity contribution in [3.63, 3.8) is 0 Å². The number of rotatable bonds is 2. The lowest BCUT2D eigenvalue weighted by Gasteiger charge is -2.09. The lowest BCUT2D eigenvalue weighted by Crippen LogP contribution is -2.07. The number of nitrogens with zero attached hydrogens (tertiary/aromatic N) is 1. The first-order chi connectivity index (χ1) is 6.07. The zero-order chi connectivity index (χ0) is 10.0. The van der Waals surface area contributed by atoms with Crippen molar-refractivity contribution in [1.82, 2.24) is 4.98 Å². The van der Waals surface area contributed by atoms with E-state index < -0.39 is 12.1 Å². The Bertz CT molecular complexity index is 317. The minimum atomic E-state index is -2.71. The summed E-state index contributed by atoms with van der Waals surface area (Å²) in [5, 5.41) is 0.212. The first kappa shape index (κ1) is 10.1. The van der Waals surface area contributed by atoms with Crippen molar-refractivity contribution >= 4 is 17.3 Å². The van der Waals surface area contributed by atoms with Crippen molar-refractivity contribution in [3.05, 3.63) is 22.5 Å². The van der Waals surface area contributed by atoms with Crippen LogP contribution in [0.15, 0.2) is 6.20 Å². The molecule has 1 heterocycles. The van der Waals surface area contributed by atoms with Gasteiger partial charge in [-0.2, -0.15) is 0 Å². The second kappa shape index (κ2) is 3.85. The van der Waals surface area contributed by atoms with E-state index in [4.69, 9.17) is 23.1 Å². The lowest BCUT2D eigenvalue weighted by molar-refractivity contribution is 0.147. The molecule has 0 aromatic carbocycles. The largest absolute Gasteiger partial charge is 0.397 e. The fourth-order valence-electron chi connectivity index (χ4n) is 0.938. The Morgan fingerprint density at radius 1 is 1.54 bits per heavy atom. The van der Waals surface area contributed by atoms with Gasteiger partial charge in [0.05, 0.1) is 10.7 Å². The summed E-state index contributed by atoms with van der Waals surface area (Å²) in [4.78, 5) is 3.42. The molecule has 6 heteroatoms. The van der Waals surface area contributed by atoms with Gasteiger partial charge in [-0.3, -0.25) is 4.98 Å². The fraction of sp³-hybridized carbons (Fsp3) is 0.286. The minimum absolute atomic E-state index is 0.0207. The molecule has 72 valence electrons. The maximum absolute atomic E-state index is 12.2. The Morgan fingerprint density at radius 3 is 2.62 bits per heavy atom. The monoisotopic (exact) mass is 207 g/mol. The third-order valence-corrected chi connectivity index (χ3v) is 1.94. The second-order valence-electron chi connectivity index (χ2n) is 2.39. The molecular weight excluding hydrogens is 200 g/mol. The summed E-state index contributed by atoms with van der Waals surface area (Å²) in [7, 11) is 0. The van der Waals surface area contributed by atoms with E-state index >= 15 is 0 Å².